The molecular formula is C13H11Cl3N2O2. The summed E-state index contributed by atoms with van der Waals surface area (Å²) in [7, 11) is 0. The third-order valence-corrected chi connectivity index (χ3v) is 4.09. The standard InChI is InChI=1S/C13H11Cl3N2O2/c1-3-7-11(16)17-13(20)18(12(7)19)10-8(14)5-4-6(2)9(10)15/h4-5H,3H2,1-2H3,(H,17,20). The number of aromatic amines is 1. The second kappa shape index (κ2) is 5.64. The molecule has 0 saturated heterocycles. The highest BCUT2D eigenvalue weighted by Crippen LogP contribution is 2.29. The van der Waals surface area contributed by atoms with E-state index in [2.05, 4.69) is 4.98 Å². The van der Waals surface area contributed by atoms with E-state index in [-0.39, 0.29) is 20.9 Å². The summed E-state index contributed by atoms with van der Waals surface area (Å²) in [5.74, 6) is 0. The van der Waals surface area contributed by atoms with Crippen molar-refractivity contribution in [2.75, 3.05) is 0 Å². The molecule has 0 atom stereocenters. The topological polar surface area (TPSA) is 54.9 Å². The minimum Gasteiger partial charge on any atom is -0.297 e. The summed E-state index contributed by atoms with van der Waals surface area (Å²) in [6.07, 6.45) is 0.384. The Morgan fingerprint density at radius 2 is 1.85 bits per heavy atom. The fraction of sp³-hybridized carbons (Fsp3) is 0.231. The van der Waals surface area contributed by atoms with Crippen LogP contribution in [0.3, 0.4) is 0 Å². The fourth-order valence-electron chi connectivity index (χ4n) is 1.90. The molecule has 1 aromatic carbocycles. The van der Waals surface area contributed by atoms with Crippen molar-refractivity contribution in [3.63, 3.8) is 0 Å². The van der Waals surface area contributed by atoms with Crippen LogP contribution in [-0.4, -0.2) is 9.55 Å². The fourth-order valence-corrected chi connectivity index (χ4v) is 2.74. The van der Waals surface area contributed by atoms with Gasteiger partial charge in [0.2, 0.25) is 0 Å². The van der Waals surface area contributed by atoms with Crippen LogP contribution in [0.5, 0.6) is 0 Å². The molecule has 2 rings (SSSR count). The first-order valence-corrected chi connectivity index (χ1v) is 7.00. The van der Waals surface area contributed by atoms with Gasteiger partial charge >= 0.3 is 5.69 Å². The Labute approximate surface area is 129 Å². The highest BCUT2D eigenvalue weighted by Gasteiger charge is 2.18. The number of halogens is 3. The van der Waals surface area contributed by atoms with Gasteiger partial charge in [-0.1, -0.05) is 47.8 Å². The summed E-state index contributed by atoms with van der Waals surface area (Å²) < 4.78 is 0.919. The Balaban J connectivity index is 2.95. The molecule has 20 heavy (non-hydrogen) atoms. The monoisotopic (exact) mass is 332 g/mol. The summed E-state index contributed by atoms with van der Waals surface area (Å²) in [5, 5.41) is 0.519. The quantitative estimate of drug-likeness (QED) is 0.857. The minimum atomic E-state index is -0.674. The highest BCUT2D eigenvalue weighted by molar-refractivity contribution is 6.38. The smallest absolute Gasteiger partial charge is 0.297 e. The molecule has 0 radical (unpaired) electrons. The van der Waals surface area contributed by atoms with Gasteiger partial charge in [-0.05, 0) is 25.0 Å². The first-order chi connectivity index (χ1) is 9.38. The van der Waals surface area contributed by atoms with Crippen molar-refractivity contribution in [3.05, 3.63) is 59.3 Å². The van der Waals surface area contributed by atoms with E-state index in [1.165, 1.54) is 0 Å². The molecule has 0 unspecified atom stereocenters. The van der Waals surface area contributed by atoms with Gasteiger partial charge in [-0.15, -0.1) is 0 Å². The predicted molar refractivity (Wildman–Crippen MR) is 81.8 cm³/mol. The summed E-state index contributed by atoms with van der Waals surface area (Å²) in [6.45, 7) is 3.53. The lowest BCUT2D eigenvalue weighted by Crippen LogP contribution is -2.36. The third kappa shape index (κ3) is 2.39. The molecule has 0 fully saturated rings. The molecule has 4 nitrogen and oxygen atoms in total. The van der Waals surface area contributed by atoms with Crippen LogP contribution in [0, 0.1) is 6.92 Å². The zero-order valence-electron chi connectivity index (χ0n) is 10.8. The number of aryl methyl sites for hydroxylation is 1. The van der Waals surface area contributed by atoms with Crippen molar-refractivity contribution in [1.82, 2.24) is 9.55 Å². The number of hydrogen-bond donors (Lipinski definition) is 1. The molecule has 0 aliphatic heterocycles. The SMILES string of the molecule is CCc1c(Cl)[nH]c(=O)n(-c2c(Cl)ccc(C)c2Cl)c1=O. The van der Waals surface area contributed by atoms with Crippen molar-refractivity contribution >= 4 is 34.8 Å². The number of H-pyrrole nitrogens is 1. The van der Waals surface area contributed by atoms with E-state index in [9.17, 15) is 9.59 Å². The van der Waals surface area contributed by atoms with Crippen LogP contribution in [-0.2, 0) is 6.42 Å². The maximum Gasteiger partial charge on any atom is 0.334 e. The van der Waals surface area contributed by atoms with E-state index >= 15 is 0 Å². The maximum atomic E-state index is 12.4. The molecule has 1 N–H and O–H groups in total. The van der Waals surface area contributed by atoms with E-state index in [0.717, 1.165) is 4.57 Å². The van der Waals surface area contributed by atoms with Crippen molar-refractivity contribution in [1.29, 1.82) is 0 Å². The van der Waals surface area contributed by atoms with Gasteiger partial charge in [-0.2, -0.15) is 0 Å². The predicted octanol–water partition coefficient (Wildman–Crippen LogP) is 3.36. The Kier molecular flexibility index (Phi) is 4.28. The Bertz CT molecular complexity index is 793. The number of aromatic nitrogens is 2. The molecule has 106 valence electrons. The van der Waals surface area contributed by atoms with E-state index in [0.29, 0.717) is 17.5 Å². The van der Waals surface area contributed by atoms with Gasteiger partial charge in [0.15, 0.2) is 0 Å². The normalized spacial score (nSPS) is 10.8. The van der Waals surface area contributed by atoms with Gasteiger partial charge in [0.25, 0.3) is 5.56 Å². The first-order valence-electron chi connectivity index (χ1n) is 5.87. The molecule has 1 heterocycles. The average molecular weight is 334 g/mol. The molecule has 0 bridgehead atoms. The lowest BCUT2D eigenvalue weighted by Gasteiger charge is -2.12. The minimum absolute atomic E-state index is 0.0404. The Hall–Kier alpha value is -1.23. The van der Waals surface area contributed by atoms with E-state index in [1.807, 2.05) is 0 Å². The molecule has 0 saturated carbocycles. The van der Waals surface area contributed by atoms with Crippen LogP contribution in [0.1, 0.15) is 18.1 Å². The van der Waals surface area contributed by atoms with Crippen LogP contribution in [0.4, 0.5) is 0 Å². The largest absolute Gasteiger partial charge is 0.334 e. The number of benzene rings is 1. The summed E-state index contributed by atoms with van der Waals surface area (Å²) in [4.78, 5) is 26.9. The lowest BCUT2D eigenvalue weighted by molar-refractivity contribution is 0.841. The number of nitrogens with zero attached hydrogens (tertiary/aromatic N) is 1. The van der Waals surface area contributed by atoms with Crippen LogP contribution in [0.15, 0.2) is 21.7 Å². The van der Waals surface area contributed by atoms with Crippen LogP contribution in [0.25, 0.3) is 5.69 Å². The number of rotatable bonds is 2. The number of hydrogen-bond acceptors (Lipinski definition) is 2. The molecular weight excluding hydrogens is 323 g/mol. The third-order valence-electron chi connectivity index (χ3n) is 2.98. The summed E-state index contributed by atoms with van der Waals surface area (Å²) in [6, 6.07) is 3.30. The molecule has 2 aromatic rings. The Morgan fingerprint density at radius 3 is 2.45 bits per heavy atom. The molecule has 1 aromatic heterocycles. The van der Waals surface area contributed by atoms with Gasteiger partial charge in [0.05, 0.1) is 21.3 Å². The van der Waals surface area contributed by atoms with Gasteiger partial charge in [0.1, 0.15) is 5.15 Å². The van der Waals surface area contributed by atoms with Crippen LogP contribution >= 0.6 is 34.8 Å². The highest BCUT2D eigenvalue weighted by atomic mass is 35.5. The molecule has 0 aliphatic carbocycles. The van der Waals surface area contributed by atoms with Crippen molar-refractivity contribution in [3.8, 4) is 5.69 Å². The molecule has 0 amide bonds. The molecule has 0 aliphatic rings. The van der Waals surface area contributed by atoms with E-state index in [4.69, 9.17) is 34.8 Å². The van der Waals surface area contributed by atoms with Crippen molar-refractivity contribution in [2.45, 2.75) is 20.3 Å². The summed E-state index contributed by atoms with van der Waals surface area (Å²) >= 11 is 18.1. The maximum absolute atomic E-state index is 12.4. The average Bonchev–Trinajstić information content (AvgIpc) is 2.38. The summed E-state index contributed by atoms with van der Waals surface area (Å²) in [5.41, 5.74) is -0.00142. The first kappa shape index (κ1) is 15.2. The van der Waals surface area contributed by atoms with Gasteiger partial charge in [-0.3, -0.25) is 9.78 Å². The van der Waals surface area contributed by atoms with Crippen molar-refractivity contribution < 1.29 is 0 Å². The molecule has 7 heteroatoms. The zero-order chi connectivity index (χ0) is 15.0. The van der Waals surface area contributed by atoms with Crippen molar-refractivity contribution in [2.24, 2.45) is 0 Å². The van der Waals surface area contributed by atoms with E-state index < -0.39 is 11.2 Å². The van der Waals surface area contributed by atoms with Crippen LogP contribution < -0.4 is 11.2 Å². The van der Waals surface area contributed by atoms with Gasteiger partial charge in [-0.25, -0.2) is 9.36 Å². The second-order valence-electron chi connectivity index (χ2n) is 4.24. The van der Waals surface area contributed by atoms with Gasteiger partial charge < -0.3 is 0 Å². The number of nitrogens with one attached hydrogen (secondary N) is 1. The van der Waals surface area contributed by atoms with Gasteiger partial charge in [0, 0.05) is 0 Å². The van der Waals surface area contributed by atoms with Crippen LogP contribution in [0.2, 0.25) is 15.2 Å². The zero-order valence-corrected chi connectivity index (χ0v) is 13.0. The second-order valence-corrected chi connectivity index (χ2v) is 5.41. The Morgan fingerprint density at radius 1 is 1.20 bits per heavy atom. The lowest BCUT2D eigenvalue weighted by atomic mass is 10.2. The van der Waals surface area contributed by atoms with E-state index in [1.54, 1.807) is 26.0 Å². The molecule has 0 spiro atoms.